The van der Waals surface area contributed by atoms with E-state index >= 15 is 0 Å². The number of nitrogens with one attached hydrogen (secondary N) is 1. The minimum Gasteiger partial charge on any atom is -0.457 e. The van der Waals surface area contributed by atoms with Crippen LogP contribution >= 0.6 is 0 Å². The molecule has 11 unspecified atom stereocenters. The largest absolute Gasteiger partial charge is 0.457 e. The van der Waals surface area contributed by atoms with Gasteiger partial charge in [-0.15, -0.1) is 0 Å². The van der Waals surface area contributed by atoms with E-state index in [1.54, 1.807) is 0 Å². The monoisotopic (exact) mass is 563 g/mol. The zero-order valence-electron chi connectivity index (χ0n) is 25.2. The van der Waals surface area contributed by atoms with Crippen LogP contribution in [0.1, 0.15) is 91.0 Å². The number of carbonyl (C=O) groups excluding carboxylic acids is 1. The van der Waals surface area contributed by atoms with Crippen molar-refractivity contribution in [1.29, 1.82) is 0 Å². The first-order chi connectivity index (χ1) is 19.4. The fourth-order valence-corrected chi connectivity index (χ4v) is 10.4. The number of amides is 1. The van der Waals surface area contributed by atoms with E-state index < -0.39 is 6.10 Å². The third kappa shape index (κ3) is 4.78. The number of hydrogen-bond acceptors (Lipinski definition) is 5. The van der Waals surface area contributed by atoms with Gasteiger partial charge in [0.25, 0.3) is 0 Å². The van der Waals surface area contributed by atoms with Gasteiger partial charge in [0.15, 0.2) is 0 Å². The third-order valence-corrected chi connectivity index (χ3v) is 12.7. The summed E-state index contributed by atoms with van der Waals surface area (Å²) >= 11 is 0. The second kappa shape index (κ2) is 10.5. The molecule has 1 heterocycles. The first kappa shape index (κ1) is 28.9. The van der Waals surface area contributed by atoms with Crippen LogP contribution in [0, 0.1) is 46.3 Å². The SMILES string of the molecule is C=C1C=C(C)c2ccc(NC(=O)CCC(C)C3CCC4C5C(O)CC6CC(O)CCC6(C)C5CC(O)C34C)cc2O1. The molecule has 1 aromatic rings. The van der Waals surface area contributed by atoms with Crippen molar-refractivity contribution in [1.82, 2.24) is 0 Å². The summed E-state index contributed by atoms with van der Waals surface area (Å²) in [5.41, 5.74) is 2.65. The van der Waals surface area contributed by atoms with Crippen LogP contribution in [0.25, 0.3) is 5.57 Å². The highest BCUT2D eigenvalue weighted by atomic mass is 16.5. The van der Waals surface area contributed by atoms with Crippen LogP contribution in [0.4, 0.5) is 5.69 Å². The number of aliphatic hydroxyl groups is 3. The summed E-state index contributed by atoms with van der Waals surface area (Å²) in [6.45, 7) is 12.8. The van der Waals surface area contributed by atoms with Gasteiger partial charge in [-0.1, -0.05) is 27.4 Å². The van der Waals surface area contributed by atoms with E-state index in [1.807, 2.05) is 31.2 Å². The topological polar surface area (TPSA) is 99.0 Å². The highest BCUT2D eigenvalue weighted by molar-refractivity contribution is 5.91. The first-order valence-electron chi connectivity index (χ1n) is 15.9. The summed E-state index contributed by atoms with van der Waals surface area (Å²) in [5, 5.41) is 36.7. The average Bonchev–Trinajstić information content (AvgIpc) is 3.27. The van der Waals surface area contributed by atoms with Crippen molar-refractivity contribution in [2.75, 3.05) is 5.32 Å². The Bertz CT molecular complexity index is 1240. The molecule has 4 aliphatic carbocycles. The molecule has 224 valence electrons. The second-order valence-corrected chi connectivity index (χ2v) is 14.7. The van der Waals surface area contributed by atoms with Crippen molar-refractivity contribution in [2.45, 2.75) is 104 Å². The van der Waals surface area contributed by atoms with Gasteiger partial charge in [0.05, 0.1) is 18.3 Å². The molecule has 11 atom stereocenters. The number of aliphatic hydroxyl groups excluding tert-OH is 3. The molecule has 0 spiro atoms. The lowest BCUT2D eigenvalue weighted by Gasteiger charge is -2.63. The predicted molar refractivity (Wildman–Crippen MR) is 161 cm³/mol. The third-order valence-electron chi connectivity index (χ3n) is 12.7. The Hall–Kier alpha value is -2.15. The fraction of sp³-hybridized carbons (Fsp3) is 0.686. The Kier molecular flexibility index (Phi) is 7.44. The minimum absolute atomic E-state index is 0.0104. The average molecular weight is 564 g/mol. The second-order valence-electron chi connectivity index (χ2n) is 14.7. The molecular weight excluding hydrogens is 514 g/mol. The van der Waals surface area contributed by atoms with Crippen molar-refractivity contribution < 1.29 is 24.9 Å². The van der Waals surface area contributed by atoms with Crippen molar-refractivity contribution in [3.05, 3.63) is 42.2 Å². The van der Waals surface area contributed by atoms with Gasteiger partial charge in [-0.3, -0.25) is 4.79 Å². The zero-order valence-corrected chi connectivity index (χ0v) is 25.2. The van der Waals surface area contributed by atoms with Crippen LogP contribution in [0.3, 0.4) is 0 Å². The number of anilines is 1. The normalized spacial score (nSPS) is 42.1. The van der Waals surface area contributed by atoms with E-state index in [-0.39, 0.29) is 34.9 Å². The number of allylic oxidation sites excluding steroid dienone is 2. The van der Waals surface area contributed by atoms with Crippen molar-refractivity contribution in [2.24, 2.45) is 46.3 Å². The van der Waals surface area contributed by atoms with E-state index in [9.17, 15) is 20.1 Å². The molecular formula is C35H49NO5. The van der Waals surface area contributed by atoms with Crippen LogP contribution < -0.4 is 10.1 Å². The van der Waals surface area contributed by atoms with Crippen LogP contribution in [0.5, 0.6) is 5.75 Å². The summed E-state index contributed by atoms with van der Waals surface area (Å²) < 4.78 is 5.77. The quantitative estimate of drug-likeness (QED) is 0.336. The predicted octanol–water partition coefficient (Wildman–Crippen LogP) is 6.31. The van der Waals surface area contributed by atoms with E-state index in [0.29, 0.717) is 47.5 Å². The standard InChI is InChI=1S/C35H49NO5/c1-19(6-11-32(40)36-23-7-8-25-20(2)14-21(3)41-30(25)17-23)26-9-10-27-33-28(18-31(39)35(26,27)5)34(4)13-12-24(37)15-22(34)16-29(33)38/h7-8,14,17,19,22,24,26-29,31,33,37-39H,3,6,9-13,15-16,18H2,1-2,4-5H3,(H,36,40). The summed E-state index contributed by atoms with van der Waals surface area (Å²) in [4.78, 5) is 13.0. The van der Waals surface area contributed by atoms with Gasteiger partial charge in [0.1, 0.15) is 11.5 Å². The fourth-order valence-electron chi connectivity index (χ4n) is 10.4. The Morgan fingerprint density at radius 1 is 1.12 bits per heavy atom. The summed E-state index contributed by atoms with van der Waals surface area (Å²) in [7, 11) is 0. The number of rotatable bonds is 5. The summed E-state index contributed by atoms with van der Waals surface area (Å²) in [6.07, 6.45) is 8.24. The minimum atomic E-state index is -0.407. The molecule has 0 radical (unpaired) electrons. The maximum atomic E-state index is 13.0. The molecule has 0 saturated heterocycles. The van der Waals surface area contributed by atoms with E-state index in [4.69, 9.17) is 4.74 Å². The molecule has 4 N–H and O–H groups in total. The van der Waals surface area contributed by atoms with Crippen LogP contribution in [-0.2, 0) is 4.79 Å². The van der Waals surface area contributed by atoms with Crippen LogP contribution in [0.15, 0.2) is 36.6 Å². The van der Waals surface area contributed by atoms with Crippen LogP contribution in [0.2, 0.25) is 0 Å². The van der Waals surface area contributed by atoms with Gasteiger partial charge in [-0.25, -0.2) is 0 Å². The molecule has 6 rings (SSSR count). The van der Waals surface area contributed by atoms with Crippen molar-refractivity contribution in [3.63, 3.8) is 0 Å². The molecule has 6 nitrogen and oxygen atoms in total. The van der Waals surface area contributed by atoms with Crippen molar-refractivity contribution in [3.8, 4) is 5.75 Å². The van der Waals surface area contributed by atoms with Gasteiger partial charge in [0, 0.05) is 23.7 Å². The van der Waals surface area contributed by atoms with Gasteiger partial charge in [0.2, 0.25) is 5.91 Å². The van der Waals surface area contributed by atoms with Gasteiger partial charge < -0.3 is 25.4 Å². The molecule has 1 amide bonds. The molecule has 0 bridgehead atoms. The summed E-state index contributed by atoms with van der Waals surface area (Å²) in [5.74, 6) is 3.04. The van der Waals surface area contributed by atoms with Crippen LogP contribution in [-0.4, -0.2) is 39.5 Å². The van der Waals surface area contributed by atoms with Gasteiger partial charge in [-0.2, -0.15) is 0 Å². The maximum Gasteiger partial charge on any atom is 0.224 e. The molecule has 4 fully saturated rings. The highest BCUT2D eigenvalue weighted by Gasteiger charge is 2.65. The zero-order chi connectivity index (χ0) is 29.3. The molecule has 41 heavy (non-hydrogen) atoms. The lowest BCUT2D eigenvalue weighted by Crippen LogP contribution is -2.62. The molecule has 0 aromatic heterocycles. The Balaban J connectivity index is 1.11. The van der Waals surface area contributed by atoms with E-state index in [2.05, 4.69) is 32.7 Å². The Morgan fingerprint density at radius 2 is 1.90 bits per heavy atom. The van der Waals surface area contributed by atoms with Crippen molar-refractivity contribution >= 4 is 17.2 Å². The van der Waals surface area contributed by atoms with E-state index in [1.165, 1.54) is 0 Å². The molecule has 1 aromatic carbocycles. The number of fused-ring (bicyclic) bond motifs is 6. The smallest absolute Gasteiger partial charge is 0.224 e. The molecule has 6 heteroatoms. The van der Waals surface area contributed by atoms with Gasteiger partial charge in [-0.05, 0) is 128 Å². The maximum absolute atomic E-state index is 13.0. The lowest BCUT2D eigenvalue weighted by atomic mass is 9.43. The Labute approximate surface area is 245 Å². The first-order valence-corrected chi connectivity index (χ1v) is 15.9. The molecule has 5 aliphatic rings. The lowest BCUT2D eigenvalue weighted by molar-refractivity contribution is -0.207. The number of benzene rings is 1. The Morgan fingerprint density at radius 3 is 2.68 bits per heavy atom. The van der Waals surface area contributed by atoms with E-state index in [0.717, 1.165) is 68.2 Å². The summed E-state index contributed by atoms with van der Waals surface area (Å²) in [6, 6.07) is 5.75. The highest BCUT2D eigenvalue weighted by Crippen LogP contribution is 2.68. The number of carbonyl (C=O) groups is 1. The number of ether oxygens (including phenoxy) is 1. The van der Waals surface area contributed by atoms with Gasteiger partial charge >= 0.3 is 0 Å². The molecule has 4 saturated carbocycles. The molecule has 1 aliphatic heterocycles. The number of hydrogen-bond donors (Lipinski definition) is 4.